The SMILES string of the molecule is C1=CCCCCC=C1.CC1=C(C)C(C)C(C)=C1C.[Rh]. The summed E-state index contributed by atoms with van der Waals surface area (Å²) in [5.74, 6) is 0.694. The van der Waals surface area contributed by atoms with E-state index in [1.807, 2.05) is 0 Å². The maximum absolute atomic E-state index is 2.28. The molecule has 0 heterocycles. The van der Waals surface area contributed by atoms with Crippen molar-refractivity contribution in [3.63, 3.8) is 0 Å². The summed E-state index contributed by atoms with van der Waals surface area (Å²) in [6.45, 7) is 11.2. The molecule has 0 saturated carbocycles. The van der Waals surface area contributed by atoms with Crippen LogP contribution in [0.2, 0.25) is 0 Å². The number of hydrogen-bond donors (Lipinski definition) is 0. The second-order valence-electron chi connectivity index (χ2n) is 5.48. The Kier molecular flexibility index (Phi) is 9.27. The molecular weight excluding hydrogens is 319 g/mol. The maximum Gasteiger partial charge on any atom is 0 e. The van der Waals surface area contributed by atoms with E-state index in [9.17, 15) is 0 Å². The average molecular weight is 347 g/mol. The van der Waals surface area contributed by atoms with Crippen LogP contribution in [-0.4, -0.2) is 0 Å². The fourth-order valence-electron chi connectivity index (χ4n) is 2.44. The van der Waals surface area contributed by atoms with Gasteiger partial charge < -0.3 is 0 Å². The van der Waals surface area contributed by atoms with E-state index in [1.54, 1.807) is 11.1 Å². The van der Waals surface area contributed by atoms with Crippen molar-refractivity contribution in [2.24, 2.45) is 5.92 Å². The number of allylic oxidation sites excluding steroid dienone is 8. The fourth-order valence-corrected chi connectivity index (χ4v) is 2.44. The molecule has 0 aromatic rings. The number of rotatable bonds is 0. The molecule has 0 bridgehead atoms. The first-order valence-corrected chi connectivity index (χ1v) is 7.22. The summed E-state index contributed by atoms with van der Waals surface area (Å²) < 4.78 is 0. The third-order valence-corrected chi connectivity index (χ3v) is 4.42. The van der Waals surface area contributed by atoms with Gasteiger partial charge in [-0.2, -0.15) is 0 Å². The summed E-state index contributed by atoms with van der Waals surface area (Å²) in [6, 6.07) is 0. The van der Waals surface area contributed by atoms with Gasteiger partial charge >= 0.3 is 0 Å². The molecule has 2 rings (SSSR count). The zero-order valence-corrected chi connectivity index (χ0v) is 14.7. The third kappa shape index (κ3) is 5.61. The topological polar surface area (TPSA) is 0 Å². The Bertz CT molecular complexity index is 356. The smallest absolute Gasteiger partial charge is 0 e. The first kappa shape index (κ1) is 18.6. The summed E-state index contributed by atoms with van der Waals surface area (Å²) in [5.41, 5.74) is 6.11. The van der Waals surface area contributed by atoms with Crippen LogP contribution in [0, 0.1) is 5.92 Å². The molecule has 0 unspecified atom stereocenters. The fraction of sp³-hybridized carbons (Fsp3) is 0.556. The largest absolute Gasteiger partial charge is 0.0845 e. The second-order valence-corrected chi connectivity index (χ2v) is 5.48. The van der Waals surface area contributed by atoms with Crippen LogP contribution in [0.4, 0.5) is 0 Å². The van der Waals surface area contributed by atoms with Crippen molar-refractivity contribution in [3.8, 4) is 0 Å². The van der Waals surface area contributed by atoms with Crippen LogP contribution in [-0.2, 0) is 19.5 Å². The quantitative estimate of drug-likeness (QED) is 0.473. The van der Waals surface area contributed by atoms with Gasteiger partial charge in [-0.05, 0) is 70.4 Å². The van der Waals surface area contributed by atoms with Crippen molar-refractivity contribution in [1.29, 1.82) is 0 Å². The summed E-state index contributed by atoms with van der Waals surface area (Å²) in [4.78, 5) is 0. The minimum Gasteiger partial charge on any atom is -0.0845 e. The zero-order chi connectivity index (χ0) is 13.5. The Balaban J connectivity index is 0.000000331. The van der Waals surface area contributed by atoms with Crippen LogP contribution in [0.3, 0.4) is 0 Å². The van der Waals surface area contributed by atoms with Crippen LogP contribution >= 0.6 is 0 Å². The second kappa shape index (κ2) is 9.48. The summed E-state index contributed by atoms with van der Waals surface area (Å²) >= 11 is 0. The van der Waals surface area contributed by atoms with Crippen LogP contribution in [0.1, 0.15) is 60.3 Å². The molecule has 1 heteroatoms. The van der Waals surface area contributed by atoms with Gasteiger partial charge in [0, 0.05) is 19.5 Å². The molecule has 0 spiro atoms. The van der Waals surface area contributed by atoms with Crippen molar-refractivity contribution in [1.82, 2.24) is 0 Å². The van der Waals surface area contributed by atoms with E-state index >= 15 is 0 Å². The third-order valence-electron chi connectivity index (χ3n) is 4.42. The molecule has 0 aromatic carbocycles. The van der Waals surface area contributed by atoms with E-state index in [0.29, 0.717) is 5.92 Å². The van der Waals surface area contributed by atoms with Crippen molar-refractivity contribution < 1.29 is 19.5 Å². The Morgan fingerprint density at radius 2 is 1.16 bits per heavy atom. The van der Waals surface area contributed by atoms with Crippen molar-refractivity contribution >= 4 is 0 Å². The summed E-state index contributed by atoms with van der Waals surface area (Å²) in [6.07, 6.45) is 14.0. The molecule has 0 N–H and O–H groups in total. The van der Waals surface area contributed by atoms with Crippen LogP contribution in [0.5, 0.6) is 0 Å². The predicted octanol–water partition coefficient (Wildman–Crippen LogP) is 5.98. The molecule has 19 heavy (non-hydrogen) atoms. The van der Waals surface area contributed by atoms with Crippen LogP contribution in [0.25, 0.3) is 0 Å². The van der Waals surface area contributed by atoms with E-state index < -0.39 is 0 Å². The summed E-state index contributed by atoms with van der Waals surface area (Å²) in [7, 11) is 0. The minimum atomic E-state index is 0. The van der Waals surface area contributed by atoms with Crippen LogP contribution < -0.4 is 0 Å². The molecule has 2 aliphatic carbocycles. The molecule has 0 saturated heterocycles. The predicted molar refractivity (Wildman–Crippen MR) is 82.7 cm³/mol. The Morgan fingerprint density at radius 1 is 0.789 bits per heavy atom. The van der Waals surface area contributed by atoms with Gasteiger partial charge in [0.05, 0.1) is 0 Å². The van der Waals surface area contributed by atoms with E-state index in [2.05, 4.69) is 58.9 Å². The molecule has 0 atom stereocenters. The van der Waals surface area contributed by atoms with Gasteiger partial charge in [-0.25, -0.2) is 0 Å². The molecule has 2 aliphatic rings. The van der Waals surface area contributed by atoms with Gasteiger partial charge in [-0.15, -0.1) is 0 Å². The standard InChI is InChI=1S/C10H16.C8H12.Rh/c1-6-7(2)9(4)10(5)8(6)3;1-2-4-6-8-7-5-3-1;/h6H,1-5H3;1-4H,5-8H2;. The van der Waals surface area contributed by atoms with E-state index in [4.69, 9.17) is 0 Å². The number of hydrogen-bond acceptors (Lipinski definition) is 0. The Hall–Kier alpha value is -0.417. The molecule has 0 aromatic heterocycles. The van der Waals surface area contributed by atoms with Gasteiger partial charge in [-0.3, -0.25) is 0 Å². The summed E-state index contributed by atoms with van der Waals surface area (Å²) in [5, 5.41) is 0. The first-order chi connectivity index (χ1) is 8.55. The maximum atomic E-state index is 2.28. The first-order valence-electron chi connectivity index (χ1n) is 7.22. The Morgan fingerprint density at radius 3 is 1.42 bits per heavy atom. The van der Waals surface area contributed by atoms with Crippen molar-refractivity contribution in [2.75, 3.05) is 0 Å². The van der Waals surface area contributed by atoms with E-state index in [0.717, 1.165) is 0 Å². The minimum absolute atomic E-state index is 0. The molecule has 0 aliphatic heterocycles. The molecule has 0 nitrogen and oxygen atoms in total. The monoisotopic (exact) mass is 347 g/mol. The molecule has 0 fully saturated rings. The molecule has 109 valence electrons. The van der Waals surface area contributed by atoms with Gasteiger partial charge in [0.1, 0.15) is 0 Å². The molecular formula is C18H28Rh. The van der Waals surface area contributed by atoms with Gasteiger partial charge in [0.15, 0.2) is 0 Å². The van der Waals surface area contributed by atoms with E-state index in [1.165, 1.54) is 36.8 Å². The van der Waals surface area contributed by atoms with Crippen molar-refractivity contribution in [3.05, 3.63) is 46.6 Å². The van der Waals surface area contributed by atoms with Gasteiger partial charge in [-0.1, -0.05) is 42.4 Å². The molecule has 0 amide bonds. The van der Waals surface area contributed by atoms with Crippen molar-refractivity contribution in [2.45, 2.75) is 60.3 Å². The van der Waals surface area contributed by atoms with E-state index in [-0.39, 0.29) is 19.5 Å². The zero-order valence-electron chi connectivity index (χ0n) is 13.0. The normalized spacial score (nSPS) is 19.6. The van der Waals surface area contributed by atoms with Crippen LogP contribution in [0.15, 0.2) is 46.6 Å². The van der Waals surface area contributed by atoms with Gasteiger partial charge in [0.2, 0.25) is 0 Å². The average Bonchev–Trinajstić information content (AvgIpc) is 2.48. The molecule has 1 radical (unpaired) electrons. The van der Waals surface area contributed by atoms with Gasteiger partial charge in [0.25, 0.3) is 0 Å². The Labute approximate surface area is 132 Å².